The molecule has 8 nitrogen and oxygen atoms in total. The van der Waals surface area contributed by atoms with Gasteiger partial charge in [0.2, 0.25) is 6.54 Å². The Morgan fingerprint density at radius 2 is 1.83 bits per heavy atom. The van der Waals surface area contributed by atoms with E-state index in [1.807, 2.05) is 0 Å². The van der Waals surface area contributed by atoms with E-state index < -0.39 is 35.0 Å². The Balaban J connectivity index is 3.26. The third-order valence-corrected chi connectivity index (χ3v) is 3.58. The van der Waals surface area contributed by atoms with Gasteiger partial charge < -0.3 is 4.74 Å². The number of hydrogen-bond acceptors (Lipinski definition) is 6. The maximum atomic E-state index is 12.4. The van der Waals surface area contributed by atoms with Gasteiger partial charge in [0.15, 0.2) is 0 Å². The van der Waals surface area contributed by atoms with E-state index >= 15 is 0 Å². The second-order valence-corrected chi connectivity index (χ2v) is 5.00. The molecule has 0 bridgehead atoms. The number of amides is 1. The highest BCUT2D eigenvalue weighted by Gasteiger charge is 2.38. The molecule has 8 heteroatoms. The van der Waals surface area contributed by atoms with Crippen LogP contribution in [0.4, 0.5) is 0 Å². The molecule has 2 atom stereocenters. The lowest BCUT2D eigenvalue weighted by molar-refractivity contribution is -0.484. The van der Waals surface area contributed by atoms with Crippen molar-refractivity contribution >= 4 is 11.7 Å². The SMILES string of the molecule is COc1ccc([C@@H](C[N+](=O)[O-])[C@@H](C(C)=O)C(=O)N(C)OC)cc1. The van der Waals surface area contributed by atoms with Crippen LogP contribution >= 0.6 is 0 Å². The van der Waals surface area contributed by atoms with Crippen molar-refractivity contribution in [3.63, 3.8) is 0 Å². The minimum absolute atomic E-state index is 0.457. The number of nitro groups is 1. The first-order valence-electron chi connectivity index (χ1n) is 6.89. The molecular weight excluding hydrogens is 304 g/mol. The number of methoxy groups -OCH3 is 1. The van der Waals surface area contributed by atoms with Crippen molar-refractivity contribution in [2.45, 2.75) is 12.8 Å². The normalized spacial score (nSPS) is 13.0. The summed E-state index contributed by atoms with van der Waals surface area (Å²) in [6.07, 6.45) is 0. The van der Waals surface area contributed by atoms with E-state index in [4.69, 9.17) is 9.57 Å². The molecule has 23 heavy (non-hydrogen) atoms. The topological polar surface area (TPSA) is 99.0 Å². The summed E-state index contributed by atoms with van der Waals surface area (Å²) < 4.78 is 5.05. The standard InChI is InChI=1S/C15H20N2O6/c1-10(18)14(15(19)16(2)23-4)13(9-17(20)21)11-5-7-12(22-3)8-6-11/h5-8,13-14H,9H2,1-4H3/t13-,14-/m1/s1. The largest absolute Gasteiger partial charge is 0.497 e. The molecule has 0 aliphatic heterocycles. The van der Waals surface area contributed by atoms with Gasteiger partial charge in [-0.15, -0.1) is 0 Å². The van der Waals surface area contributed by atoms with Crippen molar-refractivity contribution in [1.29, 1.82) is 0 Å². The second-order valence-electron chi connectivity index (χ2n) is 5.00. The summed E-state index contributed by atoms with van der Waals surface area (Å²) in [5.41, 5.74) is 0.514. The summed E-state index contributed by atoms with van der Waals surface area (Å²) in [6, 6.07) is 6.49. The molecule has 0 unspecified atom stereocenters. The van der Waals surface area contributed by atoms with Crippen LogP contribution in [0.3, 0.4) is 0 Å². The van der Waals surface area contributed by atoms with Crippen molar-refractivity contribution < 1.29 is 24.1 Å². The lowest BCUT2D eigenvalue weighted by atomic mass is 9.83. The van der Waals surface area contributed by atoms with E-state index in [2.05, 4.69) is 0 Å². The van der Waals surface area contributed by atoms with Crippen LogP contribution in [0.5, 0.6) is 5.75 Å². The van der Waals surface area contributed by atoms with Crippen molar-refractivity contribution in [2.24, 2.45) is 5.92 Å². The lowest BCUT2D eigenvalue weighted by Gasteiger charge is -2.25. The average molecular weight is 324 g/mol. The van der Waals surface area contributed by atoms with Crippen molar-refractivity contribution in [1.82, 2.24) is 5.06 Å². The van der Waals surface area contributed by atoms with Crippen LogP contribution in [0, 0.1) is 16.0 Å². The van der Waals surface area contributed by atoms with E-state index in [0.717, 1.165) is 5.06 Å². The van der Waals surface area contributed by atoms with Crippen molar-refractivity contribution in [2.75, 3.05) is 27.8 Å². The van der Waals surface area contributed by atoms with Crippen LogP contribution in [-0.2, 0) is 14.4 Å². The van der Waals surface area contributed by atoms with Gasteiger partial charge in [-0.1, -0.05) is 12.1 Å². The Bertz CT molecular complexity index is 572. The third kappa shape index (κ3) is 4.75. The molecule has 0 heterocycles. The van der Waals surface area contributed by atoms with Gasteiger partial charge in [-0.3, -0.25) is 24.5 Å². The van der Waals surface area contributed by atoms with E-state index in [1.165, 1.54) is 28.2 Å². The quantitative estimate of drug-likeness (QED) is 0.406. The fourth-order valence-corrected chi connectivity index (χ4v) is 2.33. The molecule has 0 aliphatic rings. The van der Waals surface area contributed by atoms with Gasteiger partial charge in [0.25, 0.3) is 5.91 Å². The van der Waals surface area contributed by atoms with Crippen LogP contribution in [0.15, 0.2) is 24.3 Å². The molecule has 0 radical (unpaired) electrons. The number of carbonyl (C=O) groups is 2. The minimum Gasteiger partial charge on any atom is -0.497 e. The highest BCUT2D eigenvalue weighted by atomic mass is 16.7. The Kier molecular flexibility index (Phi) is 6.65. The molecule has 0 fully saturated rings. The molecule has 0 saturated heterocycles. The van der Waals surface area contributed by atoms with E-state index in [1.54, 1.807) is 24.3 Å². The predicted molar refractivity (Wildman–Crippen MR) is 81.5 cm³/mol. The Morgan fingerprint density at radius 3 is 2.22 bits per heavy atom. The minimum atomic E-state index is -1.20. The smallest absolute Gasteiger partial charge is 0.257 e. The zero-order valence-electron chi connectivity index (χ0n) is 13.5. The van der Waals surface area contributed by atoms with Gasteiger partial charge in [0, 0.05) is 12.0 Å². The molecule has 1 rings (SSSR count). The highest BCUT2D eigenvalue weighted by Crippen LogP contribution is 2.29. The summed E-state index contributed by atoms with van der Waals surface area (Å²) in [7, 11) is 4.14. The molecule has 0 saturated carbocycles. The highest BCUT2D eigenvalue weighted by molar-refractivity contribution is 6.00. The fraction of sp³-hybridized carbons (Fsp3) is 0.467. The maximum absolute atomic E-state index is 12.4. The molecule has 0 N–H and O–H groups in total. The number of benzene rings is 1. The van der Waals surface area contributed by atoms with Crippen LogP contribution in [-0.4, -0.2) is 49.5 Å². The number of nitrogens with zero attached hydrogens (tertiary/aromatic N) is 2. The number of ether oxygens (including phenoxy) is 1. The van der Waals surface area contributed by atoms with Crippen molar-refractivity contribution in [3.05, 3.63) is 39.9 Å². The van der Waals surface area contributed by atoms with E-state index in [0.29, 0.717) is 11.3 Å². The van der Waals surface area contributed by atoms with E-state index in [-0.39, 0.29) is 0 Å². The summed E-state index contributed by atoms with van der Waals surface area (Å²) in [5, 5.41) is 11.9. The molecule has 126 valence electrons. The van der Waals surface area contributed by atoms with Crippen LogP contribution in [0.25, 0.3) is 0 Å². The molecule has 0 aromatic heterocycles. The fourth-order valence-electron chi connectivity index (χ4n) is 2.33. The Labute approximate surface area is 134 Å². The first-order valence-corrected chi connectivity index (χ1v) is 6.89. The van der Waals surface area contributed by atoms with Gasteiger partial charge in [-0.25, -0.2) is 5.06 Å². The van der Waals surface area contributed by atoms with Gasteiger partial charge in [-0.2, -0.15) is 0 Å². The molecule has 1 aromatic carbocycles. The van der Waals surface area contributed by atoms with Crippen LogP contribution in [0.1, 0.15) is 18.4 Å². The first-order chi connectivity index (χ1) is 10.8. The number of Topliss-reactive ketones (excluding diaryl/α,β-unsaturated/α-hetero) is 1. The molecule has 1 aromatic rings. The van der Waals surface area contributed by atoms with Gasteiger partial charge >= 0.3 is 0 Å². The average Bonchev–Trinajstić information content (AvgIpc) is 2.52. The van der Waals surface area contributed by atoms with Crippen LogP contribution in [0.2, 0.25) is 0 Å². The Hall–Kier alpha value is -2.48. The second kappa shape index (κ2) is 8.23. The Morgan fingerprint density at radius 1 is 1.26 bits per heavy atom. The molecular formula is C15H20N2O6. The zero-order chi connectivity index (χ0) is 17.6. The number of carbonyl (C=O) groups excluding carboxylic acids is 2. The summed E-state index contributed by atoms with van der Waals surface area (Å²) >= 11 is 0. The van der Waals surface area contributed by atoms with E-state index in [9.17, 15) is 19.7 Å². The summed E-state index contributed by atoms with van der Waals surface area (Å²) in [5.74, 6) is -2.59. The predicted octanol–water partition coefficient (Wildman–Crippen LogP) is 1.28. The maximum Gasteiger partial charge on any atom is 0.257 e. The monoisotopic (exact) mass is 324 g/mol. The van der Waals surface area contributed by atoms with Gasteiger partial charge in [-0.05, 0) is 24.6 Å². The van der Waals surface area contributed by atoms with Crippen LogP contribution < -0.4 is 4.74 Å². The number of ketones is 1. The molecule has 0 spiro atoms. The first kappa shape index (κ1) is 18.6. The number of hydroxylamine groups is 2. The third-order valence-electron chi connectivity index (χ3n) is 3.58. The molecule has 0 aliphatic carbocycles. The number of rotatable bonds is 8. The summed E-state index contributed by atoms with van der Waals surface area (Å²) in [4.78, 5) is 39.6. The van der Waals surface area contributed by atoms with Gasteiger partial charge in [0.05, 0.1) is 20.1 Å². The van der Waals surface area contributed by atoms with Gasteiger partial charge in [0.1, 0.15) is 17.5 Å². The summed E-state index contributed by atoms with van der Waals surface area (Å²) in [6.45, 7) is 0.697. The molecule has 1 amide bonds. The van der Waals surface area contributed by atoms with Crippen molar-refractivity contribution in [3.8, 4) is 5.75 Å². The zero-order valence-corrected chi connectivity index (χ0v) is 13.5. The number of hydrogen-bond donors (Lipinski definition) is 0. The lowest BCUT2D eigenvalue weighted by Crippen LogP contribution is -2.40.